The van der Waals surface area contributed by atoms with Crippen LogP contribution in [0, 0.1) is 10.8 Å². The average molecular weight is 667 g/mol. The minimum atomic E-state index is -0.286. The number of rotatable bonds is 14. The van der Waals surface area contributed by atoms with Gasteiger partial charge in [-0.15, -0.1) is 0 Å². The Morgan fingerprint density at radius 1 is 0.653 bits per heavy atom. The van der Waals surface area contributed by atoms with E-state index in [1.807, 2.05) is 0 Å². The molecule has 0 fully saturated rings. The lowest BCUT2D eigenvalue weighted by Gasteiger charge is -2.37. The van der Waals surface area contributed by atoms with Gasteiger partial charge < -0.3 is 14.6 Å². The summed E-state index contributed by atoms with van der Waals surface area (Å²) in [4.78, 5) is 23.4. The summed E-state index contributed by atoms with van der Waals surface area (Å²) in [6.07, 6.45) is 32.7. The van der Waals surface area contributed by atoms with Crippen molar-refractivity contribution in [1.82, 2.24) is 0 Å². The molecule has 2 atom stereocenters. The van der Waals surface area contributed by atoms with E-state index >= 15 is 0 Å². The highest BCUT2D eigenvalue weighted by Crippen LogP contribution is 2.43. The van der Waals surface area contributed by atoms with Crippen molar-refractivity contribution in [2.24, 2.45) is 10.8 Å². The molecule has 4 nitrogen and oxygen atoms in total. The fourth-order valence-corrected chi connectivity index (χ4v) is 6.70. The molecule has 0 amide bonds. The number of ketones is 1. The van der Waals surface area contributed by atoms with Gasteiger partial charge >= 0.3 is 5.97 Å². The van der Waals surface area contributed by atoms with E-state index in [-0.39, 0.29) is 47.6 Å². The highest BCUT2D eigenvalue weighted by molar-refractivity contribution is 5.81. The molecule has 0 aromatic heterocycles. The summed E-state index contributed by atoms with van der Waals surface area (Å²) in [5.74, 6) is -0.279. The Kier molecular flexibility index (Phi) is 16.4. The van der Waals surface area contributed by atoms with Crippen LogP contribution in [-0.2, 0) is 14.3 Å². The number of carbonyl (C=O) groups excluding carboxylic acids is 2. The number of hydrogen-bond acceptors (Lipinski definition) is 4. The van der Waals surface area contributed by atoms with Crippen LogP contribution in [-0.4, -0.2) is 29.1 Å². The third kappa shape index (κ3) is 15.1. The Hall–Kier alpha value is -3.76. The number of esters is 1. The Labute approximate surface area is 297 Å². The van der Waals surface area contributed by atoms with Crippen LogP contribution in [0.15, 0.2) is 130 Å². The Morgan fingerprint density at radius 3 is 1.53 bits per heavy atom. The molecular weight excluding hydrogens is 604 g/mol. The van der Waals surface area contributed by atoms with Gasteiger partial charge in [0, 0.05) is 12.8 Å². The van der Waals surface area contributed by atoms with Crippen LogP contribution in [0.4, 0.5) is 0 Å². The summed E-state index contributed by atoms with van der Waals surface area (Å²) < 4.78 is 5.70. The molecule has 0 bridgehead atoms. The first-order valence-corrected chi connectivity index (χ1v) is 17.7. The molecule has 0 radical (unpaired) electrons. The standard InChI is InChI=1S/C45H62O4/c1-32(18-14-20-34(3)22-25-41-36(5)28-39(47)30-44(41,8)9)16-12-13-17-33(2)19-15-21-35(4)23-26-42-37(6)29-40(31-45(42,10)11)49-43(48)27-24-38(7)46/h12-23,25-26,39-40,47H,24,27-31H2,1-11H3/b13-12+,18-14+,19-15+,25-22+,26-23+,32-16+,33-17+,34-20+,35-21+. The Bertz CT molecular complexity index is 1540. The van der Waals surface area contributed by atoms with Crippen LogP contribution < -0.4 is 0 Å². The molecule has 0 saturated heterocycles. The van der Waals surface area contributed by atoms with Gasteiger partial charge in [0.05, 0.1) is 12.5 Å². The second-order valence-corrected chi connectivity index (χ2v) is 15.4. The highest BCUT2D eigenvalue weighted by Gasteiger charge is 2.34. The van der Waals surface area contributed by atoms with Crippen molar-refractivity contribution in [2.45, 2.75) is 127 Å². The van der Waals surface area contributed by atoms with E-state index in [4.69, 9.17) is 4.74 Å². The van der Waals surface area contributed by atoms with Gasteiger partial charge in [-0.3, -0.25) is 4.79 Å². The van der Waals surface area contributed by atoms with Gasteiger partial charge in [-0.1, -0.05) is 146 Å². The third-order valence-electron chi connectivity index (χ3n) is 9.21. The predicted octanol–water partition coefficient (Wildman–Crippen LogP) is 11.5. The zero-order valence-corrected chi connectivity index (χ0v) is 32.2. The maximum atomic E-state index is 12.2. The van der Waals surface area contributed by atoms with Gasteiger partial charge in [-0.05, 0) is 89.7 Å². The van der Waals surface area contributed by atoms with Crippen LogP contribution in [0.25, 0.3) is 0 Å². The van der Waals surface area contributed by atoms with Crippen molar-refractivity contribution >= 4 is 11.8 Å². The monoisotopic (exact) mass is 666 g/mol. The molecule has 266 valence electrons. The van der Waals surface area contributed by atoms with E-state index in [0.717, 1.165) is 36.8 Å². The molecule has 2 rings (SSSR count). The third-order valence-corrected chi connectivity index (χ3v) is 9.21. The van der Waals surface area contributed by atoms with Crippen LogP contribution in [0.1, 0.15) is 115 Å². The summed E-state index contributed by atoms with van der Waals surface area (Å²) in [5, 5.41) is 10.1. The molecule has 0 saturated carbocycles. The van der Waals surface area contributed by atoms with Crippen LogP contribution in [0.3, 0.4) is 0 Å². The molecule has 2 unspecified atom stereocenters. The lowest BCUT2D eigenvalue weighted by molar-refractivity contribution is -0.151. The average Bonchev–Trinajstić information content (AvgIpc) is 2.96. The van der Waals surface area contributed by atoms with E-state index in [1.54, 1.807) is 0 Å². The van der Waals surface area contributed by atoms with E-state index in [0.29, 0.717) is 0 Å². The fourth-order valence-electron chi connectivity index (χ4n) is 6.70. The van der Waals surface area contributed by atoms with E-state index in [1.165, 1.54) is 40.4 Å². The zero-order chi connectivity index (χ0) is 36.8. The molecule has 1 N–H and O–H groups in total. The SMILES string of the molecule is CC(=O)CCC(=O)OC1CC(C)=C(/C=C/C(C)=C/C=C/C(C)=C/C=C/C=C(C)/C=C/C=C(C)/C=C/C2=C(C)CC(O)CC2(C)C)C(C)(C)C1. The zero-order valence-electron chi connectivity index (χ0n) is 32.2. The number of carbonyl (C=O) groups is 2. The first kappa shape index (κ1) is 41.4. The second kappa shape index (κ2) is 19.4. The molecule has 2 aliphatic carbocycles. The van der Waals surface area contributed by atoms with E-state index < -0.39 is 0 Å². The Balaban J connectivity index is 1.91. The molecule has 4 heteroatoms. The summed E-state index contributed by atoms with van der Waals surface area (Å²) in [6, 6.07) is 0. The smallest absolute Gasteiger partial charge is 0.306 e. The molecule has 0 aromatic carbocycles. The fraction of sp³-hybridized carbons (Fsp3) is 0.467. The number of hydrogen-bond donors (Lipinski definition) is 1. The number of allylic oxidation sites excluding steroid dienone is 20. The normalized spacial score (nSPS) is 22.9. The highest BCUT2D eigenvalue weighted by atomic mass is 16.5. The number of Topliss-reactive ketones (excluding diaryl/α,β-unsaturated/α-hetero) is 1. The number of aliphatic hydroxyl groups is 1. The number of ether oxygens (including phenoxy) is 1. The topological polar surface area (TPSA) is 63.6 Å². The van der Waals surface area contributed by atoms with Crippen molar-refractivity contribution < 1.29 is 19.4 Å². The summed E-state index contributed by atoms with van der Waals surface area (Å²) in [6.45, 7) is 23.0. The molecular formula is C45H62O4. The van der Waals surface area contributed by atoms with Crippen molar-refractivity contribution in [3.63, 3.8) is 0 Å². The van der Waals surface area contributed by atoms with Crippen molar-refractivity contribution in [3.05, 3.63) is 130 Å². The van der Waals surface area contributed by atoms with Crippen LogP contribution in [0.5, 0.6) is 0 Å². The molecule has 0 aliphatic heterocycles. The first-order chi connectivity index (χ1) is 22.9. The van der Waals surface area contributed by atoms with E-state index in [2.05, 4.69) is 154 Å². The lowest BCUT2D eigenvalue weighted by Crippen LogP contribution is -2.32. The molecule has 0 spiro atoms. The minimum Gasteiger partial charge on any atom is -0.462 e. The molecule has 49 heavy (non-hydrogen) atoms. The van der Waals surface area contributed by atoms with Crippen molar-refractivity contribution in [1.29, 1.82) is 0 Å². The maximum absolute atomic E-state index is 12.2. The minimum absolute atomic E-state index is 0.00728. The molecule has 2 aliphatic rings. The van der Waals surface area contributed by atoms with Crippen LogP contribution >= 0.6 is 0 Å². The van der Waals surface area contributed by atoms with E-state index in [9.17, 15) is 14.7 Å². The molecule has 0 heterocycles. The van der Waals surface area contributed by atoms with Crippen molar-refractivity contribution in [2.75, 3.05) is 0 Å². The van der Waals surface area contributed by atoms with Gasteiger partial charge in [0.1, 0.15) is 11.9 Å². The molecule has 0 aromatic rings. The van der Waals surface area contributed by atoms with Gasteiger partial charge in [-0.2, -0.15) is 0 Å². The van der Waals surface area contributed by atoms with Gasteiger partial charge in [0.15, 0.2) is 0 Å². The maximum Gasteiger partial charge on any atom is 0.306 e. The summed E-state index contributed by atoms with van der Waals surface area (Å²) >= 11 is 0. The second-order valence-electron chi connectivity index (χ2n) is 15.4. The largest absolute Gasteiger partial charge is 0.462 e. The predicted molar refractivity (Wildman–Crippen MR) is 208 cm³/mol. The lowest BCUT2D eigenvalue weighted by atomic mass is 9.71. The first-order valence-electron chi connectivity index (χ1n) is 17.7. The summed E-state index contributed by atoms with van der Waals surface area (Å²) in [7, 11) is 0. The number of aliphatic hydroxyl groups excluding tert-OH is 1. The quantitative estimate of drug-likeness (QED) is 0.148. The van der Waals surface area contributed by atoms with Crippen molar-refractivity contribution in [3.8, 4) is 0 Å². The Morgan fingerprint density at radius 2 is 1.08 bits per heavy atom. The summed E-state index contributed by atoms with van der Waals surface area (Å²) in [5.41, 5.74) is 9.70. The van der Waals surface area contributed by atoms with Gasteiger partial charge in [-0.25, -0.2) is 0 Å². The van der Waals surface area contributed by atoms with Gasteiger partial charge in [0.2, 0.25) is 0 Å². The van der Waals surface area contributed by atoms with Crippen LogP contribution in [0.2, 0.25) is 0 Å². The van der Waals surface area contributed by atoms with Gasteiger partial charge in [0.25, 0.3) is 0 Å².